The zero-order valence-corrected chi connectivity index (χ0v) is 15.0. The third-order valence-corrected chi connectivity index (χ3v) is 3.97. The Bertz CT molecular complexity index is 371. The standard InChI is InChI=1S/C18H33NO3/c1-14(2)10-6-7-11-15-12-8-9-13-16(20)19(15)17(21)22-18(3,4)5/h14-15H,6-13H2,1-5H3. The molecule has 0 aliphatic carbocycles. The first kappa shape index (κ1) is 19.0. The number of ether oxygens (including phenoxy) is 1. The van der Waals surface area contributed by atoms with Crippen LogP contribution in [0.1, 0.15) is 86.0 Å². The van der Waals surface area contributed by atoms with Gasteiger partial charge in [-0.2, -0.15) is 0 Å². The molecule has 128 valence electrons. The normalized spacial score (nSPS) is 20.2. The van der Waals surface area contributed by atoms with E-state index in [2.05, 4.69) is 13.8 Å². The van der Waals surface area contributed by atoms with Crippen LogP contribution in [-0.4, -0.2) is 28.5 Å². The van der Waals surface area contributed by atoms with Crippen LogP contribution in [0, 0.1) is 5.92 Å². The molecule has 1 fully saturated rings. The van der Waals surface area contributed by atoms with Gasteiger partial charge in [0.1, 0.15) is 5.60 Å². The molecule has 1 heterocycles. The topological polar surface area (TPSA) is 46.6 Å². The van der Waals surface area contributed by atoms with Gasteiger partial charge in [0.2, 0.25) is 5.91 Å². The van der Waals surface area contributed by atoms with Gasteiger partial charge in [-0.25, -0.2) is 9.69 Å². The summed E-state index contributed by atoms with van der Waals surface area (Å²) in [5, 5.41) is 0. The van der Waals surface area contributed by atoms with Crippen LogP contribution >= 0.6 is 0 Å². The number of unbranched alkanes of at least 4 members (excludes halogenated alkanes) is 1. The Labute approximate surface area is 135 Å². The highest BCUT2D eigenvalue weighted by Gasteiger charge is 2.34. The number of amides is 2. The summed E-state index contributed by atoms with van der Waals surface area (Å²) in [5.74, 6) is 0.637. The Kier molecular flexibility index (Phi) is 7.37. The summed E-state index contributed by atoms with van der Waals surface area (Å²) in [6.45, 7) is 9.96. The molecule has 1 saturated heterocycles. The SMILES string of the molecule is CC(C)CCCCC1CCCCC(=O)N1C(=O)OC(C)(C)C. The summed E-state index contributed by atoms with van der Waals surface area (Å²) in [6, 6.07) is 0.0111. The maximum Gasteiger partial charge on any atom is 0.417 e. The first-order valence-electron chi connectivity index (χ1n) is 8.75. The Morgan fingerprint density at radius 2 is 1.95 bits per heavy atom. The molecule has 4 heteroatoms. The highest BCUT2D eigenvalue weighted by atomic mass is 16.6. The Hall–Kier alpha value is -1.06. The fraction of sp³-hybridized carbons (Fsp3) is 0.889. The lowest BCUT2D eigenvalue weighted by atomic mass is 10.00. The van der Waals surface area contributed by atoms with Gasteiger partial charge >= 0.3 is 6.09 Å². The minimum atomic E-state index is -0.564. The number of likely N-dealkylation sites (tertiary alicyclic amines) is 1. The first-order valence-corrected chi connectivity index (χ1v) is 8.75. The van der Waals surface area contributed by atoms with E-state index in [1.807, 2.05) is 20.8 Å². The molecule has 0 aromatic heterocycles. The van der Waals surface area contributed by atoms with Crippen molar-refractivity contribution in [2.75, 3.05) is 0 Å². The number of hydrogen-bond donors (Lipinski definition) is 0. The van der Waals surface area contributed by atoms with E-state index in [9.17, 15) is 9.59 Å². The van der Waals surface area contributed by atoms with E-state index in [0.717, 1.165) is 38.5 Å². The molecule has 22 heavy (non-hydrogen) atoms. The second-order valence-corrected chi connectivity index (χ2v) is 7.82. The number of nitrogens with zero attached hydrogens (tertiary/aromatic N) is 1. The third-order valence-electron chi connectivity index (χ3n) is 3.97. The van der Waals surface area contributed by atoms with Gasteiger partial charge in [-0.1, -0.05) is 39.5 Å². The number of hydrogen-bond acceptors (Lipinski definition) is 3. The van der Waals surface area contributed by atoms with Crippen LogP contribution in [0.3, 0.4) is 0 Å². The van der Waals surface area contributed by atoms with Crippen molar-refractivity contribution in [3.63, 3.8) is 0 Å². The number of carbonyl (C=O) groups excluding carboxylic acids is 2. The van der Waals surface area contributed by atoms with Crippen molar-refractivity contribution in [1.29, 1.82) is 0 Å². The minimum absolute atomic E-state index is 0.0111. The maximum atomic E-state index is 12.4. The molecule has 1 atom stereocenters. The zero-order chi connectivity index (χ0) is 16.8. The van der Waals surface area contributed by atoms with Crippen LogP contribution in [0.5, 0.6) is 0 Å². The highest BCUT2D eigenvalue weighted by molar-refractivity contribution is 5.92. The number of imide groups is 1. The van der Waals surface area contributed by atoms with Gasteiger partial charge in [0.25, 0.3) is 0 Å². The van der Waals surface area contributed by atoms with Gasteiger partial charge in [0, 0.05) is 12.5 Å². The summed E-state index contributed by atoms with van der Waals surface area (Å²) < 4.78 is 5.44. The molecule has 1 aliphatic heterocycles. The Morgan fingerprint density at radius 1 is 1.27 bits per heavy atom. The van der Waals surface area contributed by atoms with E-state index in [1.165, 1.54) is 11.3 Å². The molecule has 1 rings (SSSR count). The van der Waals surface area contributed by atoms with E-state index >= 15 is 0 Å². The average Bonchev–Trinajstić information content (AvgIpc) is 2.54. The lowest BCUT2D eigenvalue weighted by molar-refractivity contribution is -0.132. The van der Waals surface area contributed by atoms with Gasteiger partial charge in [-0.05, 0) is 46.0 Å². The van der Waals surface area contributed by atoms with Crippen LogP contribution in [0.2, 0.25) is 0 Å². The van der Waals surface area contributed by atoms with Crippen molar-refractivity contribution in [3.8, 4) is 0 Å². The number of rotatable bonds is 5. The second kappa shape index (κ2) is 8.54. The molecular formula is C18H33NO3. The van der Waals surface area contributed by atoms with E-state index in [4.69, 9.17) is 4.74 Å². The molecule has 1 aliphatic rings. The highest BCUT2D eigenvalue weighted by Crippen LogP contribution is 2.25. The minimum Gasteiger partial charge on any atom is -0.443 e. The van der Waals surface area contributed by atoms with Crippen LogP contribution in [-0.2, 0) is 9.53 Å². The van der Waals surface area contributed by atoms with Gasteiger partial charge < -0.3 is 4.74 Å². The molecule has 0 saturated carbocycles. The van der Waals surface area contributed by atoms with E-state index in [0.29, 0.717) is 12.3 Å². The molecule has 2 amide bonds. The van der Waals surface area contributed by atoms with Crippen molar-refractivity contribution in [2.24, 2.45) is 5.92 Å². The fourth-order valence-corrected chi connectivity index (χ4v) is 2.88. The van der Waals surface area contributed by atoms with Crippen molar-refractivity contribution in [2.45, 2.75) is 97.6 Å². The first-order chi connectivity index (χ1) is 10.2. The van der Waals surface area contributed by atoms with Crippen molar-refractivity contribution in [1.82, 2.24) is 4.90 Å². The number of carbonyl (C=O) groups is 2. The zero-order valence-electron chi connectivity index (χ0n) is 15.0. The van der Waals surface area contributed by atoms with Gasteiger partial charge in [0.15, 0.2) is 0 Å². The van der Waals surface area contributed by atoms with E-state index in [-0.39, 0.29) is 11.9 Å². The van der Waals surface area contributed by atoms with Gasteiger partial charge in [-0.15, -0.1) is 0 Å². The van der Waals surface area contributed by atoms with E-state index in [1.54, 1.807) is 0 Å². The smallest absolute Gasteiger partial charge is 0.417 e. The van der Waals surface area contributed by atoms with Crippen LogP contribution < -0.4 is 0 Å². The Morgan fingerprint density at radius 3 is 2.55 bits per heavy atom. The molecule has 0 aromatic carbocycles. The summed E-state index contributed by atoms with van der Waals surface area (Å²) in [5.41, 5.74) is -0.564. The molecule has 0 spiro atoms. The summed E-state index contributed by atoms with van der Waals surface area (Å²) in [7, 11) is 0. The van der Waals surface area contributed by atoms with Gasteiger partial charge in [-0.3, -0.25) is 4.79 Å². The van der Waals surface area contributed by atoms with E-state index < -0.39 is 11.7 Å². The molecule has 0 N–H and O–H groups in total. The van der Waals surface area contributed by atoms with Crippen molar-refractivity contribution in [3.05, 3.63) is 0 Å². The monoisotopic (exact) mass is 311 g/mol. The predicted molar refractivity (Wildman–Crippen MR) is 88.6 cm³/mol. The fourth-order valence-electron chi connectivity index (χ4n) is 2.88. The van der Waals surface area contributed by atoms with Crippen LogP contribution in [0.15, 0.2) is 0 Å². The quantitative estimate of drug-likeness (QED) is 0.678. The molecular weight excluding hydrogens is 278 g/mol. The summed E-state index contributed by atoms with van der Waals surface area (Å²) in [4.78, 5) is 26.1. The predicted octanol–water partition coefficient (Wildman–Crippen LogP) is 4.91. The molecule has 0 aromatic rings. The Balaban J connectivity index is 2.67. The lowest BCUT2D eigenvalue weighted by Crippen LogP contribution is -2.46. The molecule has 4 nitrogen and oxygen atoms in total. The van der Waals surface area contributed by atoms with Crippen LogP contribution in [0.25, 0.3) is 0 Å². The van der Waals surface area contributed by atoms with Crippen LogP contribution in [0.4, 0.5) is 4.79 Å². The van der Waals surface area contributed by atoms with Crippen molar-refractivity contribution < 1.29 is 14.3 Å². The van der Waals surface area contributed by atoms with Crippen molar-refractivity contribution >= 4 is 12.0 Å². The maximum absolute atomic E-state index is 12.4. The largest absolute Gasteiger partial charge is 0.443 e. The second-order valence-electron chi connectivity index (χ2n) is 7.82. The lowest BCUT2D eigenvalue weighted by Gasteiger charge is -2.31. The van der Waals surface area contributed by atoms with Gasteiger partial charge in [0.05, 0.1) is 0 Å². The molecule has 0 bridgehead atoms. The third kappa shape index (κ3) is 6.80. The summed E-state index contributed by atoms with van der Waals surface area (Å²) in [6.07, 6.45) is 7.12. The summed E-state index contributed by atoms with van der Waals surface area (Å²) >= 11 is 0. The molecule has 1 unspecified atom stereocenters. The average molecular weight is 311 g/mol. The molecule has 0 radical (unpaired) electrons.